The molecule has 2 aromatic carbocycles. The summed E-state index contributed by atoms with van der Waals surface area (Å²) in [5.41, 5.74) is 2.70. The van der Waals surface area contributed by atoms with Crippen molar-refractivity contribution >= 4 is 28.5 Å². The van der Waals surface area contributed by atoms with E-state index in [-0.39, 0.29) is 23.5 Å². The first-order valence-electron chi connectivity index (χ1n) is 10.2. The number of nitrogens with one attached hydrogen (secondary N) is 2. The topological polar surface area (TPSA) is 76.0 Å². The molecule has 7 heteroatoms. The van der Waals surface area contributed by atoms with Gasteiger partial charge < -0.3 is 15.2 Å². The summed E-state index contributed by atoms with van der Waals surface area (Å²) in [6.07, 6.45) is 2.29. The molecular formula is C23H27FN4O2. The third-order valence-corrected chi connectivity index (χ3v) is 5.34. The molecule has 3 rings (SSSR count). The van der Waals surface area contributed by atoms with Crippen molar-refractivity contribution in [2.45, 2.75) is 33.1 Å². The Bertz CT molecular complexity index is 1040. The summed E-state index contributed by atoms with van der Waals surface area (Å²) in [4.78, 5) is 29.1. The Kier molecular flexibility index (Phi) is 6.82. The number of imidazole rings is 1. The van der Waals surface area contributed by atoms with Gasteiger partial charge in [-0.1, -0.05) is 13.8 Å². The first kappa shape index (κ1) is 21.5. The quantitative estimate of drug-likeness (QED) is 0.588. The van der Waals surface area contributed by atoms with Gasteiger partial charge in [-0.15, -0.1) is 0 Å². The van der Waals surface area contributed by atoms with Gasteiger partial charge in [-0.2, -0.15) is 0 Å². The van der Waals surface area contributed by atoms with Crippen LogP contribution in [0.5, 0.6) is 0 Å². The van der Waals surface area contributed by atoms with E-state index in [2.05, 4.69) is 15.6 Å². The van der Waals surface area contributed by atoms with Crippen LogP contribution >= 0.6 is 0 Å². The molecule has 0 saturated carbocycles. The number of hydrogen-bond donors (Lipinski definition) is 2. The lowest BCUT2D eigenvalue weighted by Crippen LogP contribution is -2.32. The maximum atomic E-state index is 13.0. The van der Waals surface area contributed by atoms with Crippen molar-refractivity contribution in [3.63, 3.8) is 0 Å². The highest BCUT2D eigenvalue weighted by Crippen LogP contribution is 2.20. The zero-order valence-corrected chi connectivity index (χ0v) is 17.5. The smallest absolute Gasteiger partial charge is 0.255 e. The summed E-state index contributed by atoms with van der Waals surface area (Å²) in [5.74, 6) is 0.304. The van der Waals surface area contributed by atoms with Crippen LogP contribution in [0.25, 0.3) is 11.0 Å². The molecule has 0 aliphatic rings. The van der Waals surface area contributed by atoms with Gasteiger partial charge in [-0.25, -0.2) is 9.37 Å². The number of benzene rings is 2. The minimum atomic E-state index is -0.384. The van der Waals surface area contributed by atoms with Crippen molar-refractivity contribution in [3.05, 3.63) is 59.7 Å². The molecule has 0 fully saturated rings. The lowest BCUT2D eigenvalue weighted by Gasteiger charge is -2.12. The second kappa shape index (κ2) is 9.52. The van der Waals surface area contributed by atoms with Crippen molar-refractivity contribution in [2.24, 2.45) is 13.0 Å². The van der Waals surface area contributed by atoms with Crippen molar-refractivity contribution in [1.82, 2.24) is 14.9 Å². The number of amides is 2. The van der Waals surface area contributed by atoms with E-state index in [4.69, 9.17) is 0 Å². The van der Waals surface area contributed by atoms with E-state index in [0.717, 1.165) is 29.7 Å². The van der Waals surface area contributed by atoms with Crippen molar-refractivity contribution in [1.29, 1.82) is 0 Å². The number of aryl methyl sites for hydroxylation is 1. The summed E-state index contributed by atoms with van der Waals surface area (Å²) in [5, 5.41) is 5.80. The maximum Gasteiger partial charge on any atom is 0.255 e. The van der Waals surface area contributed by atoms with E-state index in [1.54, 1.807) is 0 Å². The molecule has 0 atom stereocenters. The van der Waals surface area contributed by atoms with E-state index < -0.39 is 0 Å². The summed E-state index contributed by atoms with van der Waals surface area (Å²) in [6, 6.07) is 10.9. The predicted octanol–water partition coefficient (Wildman–Crippen LogP) is 4.06. The first-order valence-corrected chi connectivity index (χ1v) is 10.2. The van der Waals surface area contributed by atoms with Crippen LogP contribution in [0.2, 0.25) is 0 Å². The summed E-state index contributed by atoms with van der Waals surface area (Å²) in [7, 11) is 1.93. The Morgan fingerprint density at radius 1 is 1.10 bits per heavy atom. The molecule has 1 heterocycles. The van der Waals surface area contributed by atoms with E-state index in [1.165, 1.54) is 24.3 Å². The molecule has 0 bridgehead atoms. The van der Waals surface area contributed by atoms with Gasteiger partial charge in [0.1, 0.15) is 11.6 Å². The van der Waals surface area contributed by atoms with Crippen LogP contribution in [0.4, 0.5) is 10.1 Å². The van der Waals surface area contributed by atoms with Gasteiger partial charge in [0.15, 0.2) is 0 Å². The van der Waals surface area contributed by atoms with Gasteiger partial charge in [0.2, 0.25) is 5.91 Å². The molecule has 0 saturated heterocycles. The minimum absolute atomic E-state index is 0.0534. The average Bonchev–Trinajstić information content (AvgIpc) is 3.04. The van der Waals surface area contributed by atoms with Crippen LogP contribution in [0, 0.1) is 11.7 Å². The monoisotopic (exact) mass is 410 g/mol. The van der Waals surface area contributed by atoms with Gasteiger partial charge in [0.05, 0.1) is 11.0 Å². The first-order chi connectivity index (χ1) is 14.4. The molecule has 0 unspecified atom stereocenters. The third-order valence-electron chi connectivity index (χ3n) is 5.34. The van der Waals surface area contributed by atoms with Gasteiger partial charge in [-0.05, 0) is 55.3 Å². The second-order valence-corrected chi connectivity index (χ2v) is 7.31. The Balaban J connectivity index is 1.67. The third kappa shape index (κ3) is 4.84. The summed E-state index contributed by atoms with van der Waals surface area (Å²) >= 11 is 0. The molecule has 2 N–H and O–H groups in total. The lowest BCUT2D eigenvalue weighted by atomic mass is 10.0. The fourth-order valence-electron chi connectivity index (χ4n) is 3.46. The fourth-order valence-corrected chi connectivity index (χ4v) is 3.46. The molecule has 3 aromatic rings. The van der Waals surface area contributed by atoms with Crippen molar-refractivity contribution < 1.29 is 14.0 Å². The molecule has 0 aliphatic carbocycles. The normalized spacial score (nSPS) is 11.1. The Morgan fingerprint density at radius 3 is 2.47 bits per heavy atom. The Morgan fingerprint density at radius 2 is 1.80 bits per heavy atom. The molecule has 0 radical (unpaired) electrons. The number of carbonyl (C=O) groups excluding carboxylic acids is 2. The van der Waals surface area contributed by atoms with Crippen molar-refractivity contribution in [3.8, 4) is 0 Å². The SMILES string of the molecule is CCC(CC)C(=O)NCCc1nc2cc(NC(=O)c3ccc(F)cc3)ccc2n1C. The number of nitrogens with zero attached hydrogens (tertiary/aromatic N) is 2. The molecule has 30 heavy (non-hydrogen) atoms. The van der Waals surface area contributed by atoms with E-state index >= 15 is 0 Å². The number of rotatable bonds is 8. The number of hydrogen-bond acceptors (Lipinski definition) is 3. The van der Waals surface area contributed by atoms with E-state index in [0.29, 0.717) is 24.2 Å². The zero-order valence-electron chi connectivity index (χ0n) is 17.5. The number of anilines is 1. The molecule has 158 valence electrons. The second-order valence-electron chi connectivity index (χ2n) is 7.31. The molecule has 2 amide bonds. The van der Waals surface area contributed by atoms with Gasteiger partial charge >= 0.3 is 0 Å². The van der Waals surface area contributed by atoms with E-state index in [9.17, 15) is 14.0 Å². The Labute approximate surface area is 175 Å². The van der Waals surface area contributed by atoms with Crippen LogP contribution in [-0.4, -0.2) is 27.9 Å². The molecule has 6 nitrogen and oxygen atoms in total. The zero-order chi connectivity index (χ0) is 21.7. The van der Waals surface area contributed by atoms with E-state index in [1.807, 2.05) is 43.7 Å². The average molecular weight is 410 g/mol. The van der Waals surface area contributed by atoms with Gasteiger partial charge in [0, 0.05) is 37.2 Å². The number of carbonyl (C=O) groups is 2. The standard InChI is InChI=1S/C23H27FN4O2/c1-4-15(5-2)22(29)25-13-12-21-27-19-14-18(10-11-20(19)28(21)3)26-23(30)16-6-8-17(24)9-7-16/h6-11,14-15H,4-5,12-13H2,1-3H3,(H,25,29)(H,26,30). The summed E-state index contributed by atoms with van der Waals surface area (Å²) < 4.78 is 15.0. The number of fused-ring (bicyclic) bond motifs is 1. The predicted molar refractivity (Wildman–Crippen MR) is 116 cm³/mol. The highest BCUT2D eigenvalue weighted by Gasteiger charge is 2.14. The van der Waals surface area contributed by atoms with Crippen molar-refractivity contribution in [2.75, 3.05) is 11.9 Å². The maximum absolute atomic E-state index is 13.0. The van der Waals surface area contributed by atoms with Crippen LogP contribution in [0.1, 0.15) is 42.9 Å². The number of aromatic nitrogens is 2. The van der Waals surface area contributed by atoms with Crippen LogP contribution < -0.4 is 10.6 Å². The van der Waals surface area contributed by atoms with Gasteiger partial charge in [-0.3, -0.25) is 9.59 Å². The van der Waals surface area contributed by atoms with Crippen LogP contribution in [0.3, 0.4) is 0 Å². The van der Waals surface area contributed by atoms with Crippen LogP contribution in [-0.2, 0) is 18.3 Å². The highest BCUT2D eigenvalue weighted by atomic mass is 19.1. The largest absolute Gasteiger partial charge is 0.355 e. The summed E-state index contributed by atoms with van der Waals surface area (Å²) in [6.45, 7) is 4.57. The number of halogens is 1. The lowest BCUT2D eigenvalue weighted by molar-refractivity contribution is -0.125. The highest BCUT2D eigenvalue weighted by molar-refractivity contribution is 6.04. The molecule has 1 aromatic heterocycles. The molecule has 0 aliphatic heterocycles. The molecule has 0 spiro atoms. The van der Waals surface area contributed by atoms with Gasteiger partial charge in [0.25, 0.3) is 5.91 Å². The Hall–Kier alpha value is -3.22. The minimum Gasteiger partial charge on any atom is -0.355 e. The molecular weight excluding hydrogens is 383 g/mol. The fraction of sp³-hybridized carbons (Fsp3) is 0.348. The van der Waals surface area contributed by atoms with Crippen LogP contribution in [0.15, 0.2) is 42.5 Å².